The highest BCUT2D eigenvalue weighted by Gasteiger charge is 2.34. The molecule has 16 heavy (non-hydrogen) atoms. The van der Waals surface area contributed by atoms with Crippen LogP contribution >= 0.6 is 7.60 Å². The molecule has 1 aromatic heterocycles. The smallest absolute Gasteiger partial charge is 0.421 e. The molecule has 2 rings (SSSR count). The normalized spacial score (nSPS) is 15.2. The number of benzene rings is 1. The van der Waals surface area contributed by atoms with Gasteiger partial charge in [0.05, 0.1) is 0 Å². The summed E-state index contributed by atoms with van der Waals surface area (Å²) in [6.07, 6.45) is -1.74. The van der Waals surface area contributed by atoms with Gasteiger partial charge in [0, 0.05) is 17.1 Å². The van der Waals surface area contributed by atoms with Crippen molar-refractivity contribution < 1.29 is 22.8 Å². The van der Waals surface area contributed by atoms with Crippen molar-refractivity contribution in [1.82, 2.24) is 4.98 Å². The van der Waals surface area contributed by atoms with Crippen LogP contribution in [0, 0.1) is 0 Å². The first kappa shape index (κ1) is 11.1. The van der Waals surface area contributed by atoms with Gasteiger partial charge in [0.25, 0.3) is 0 Å². The number of hydrogen-bond acceptors (Lipinski definition) is 2. The Bertz CT molecular complexity index is 554. The highest BCUT2D eigenvalue weighted by atomic mass is 31.2. The molecule has 0 radical (unpaired) electrons. The van der Waals surface area contributed by atoms with Gasteiger partial charge in [0.15, 0.2) is 0 Å². The zero-order valence-corrected chi connectivity index (χ0v) is 8.83. The summed E-state index contributed by atoms with van der Waals surface area (Å²) in [6, 6.07) is 6.05. The van der Waals surface area contributed by atoms with Crippen molar-refractivity contribution in [3.05, 3.63) is 30.5 Å². The second-order valence-corrected chi connectivity index (χ2v) is 4.86. The Kier molecular flexibility index (Phi) is 2.69. The third kappa shape index (κ3) is 2.08. The molecule has 0 fully saturated rings. The minimum absolute atomic E-state index is 0.0572. The number of hydrogen-bond donors (Lipinski definition) is 2. The van der Waals surface area contributed by atoms with E-state index in [-0.39, 0.29) is 5.75 Å². The fourth-order valence-corrected chi connectivity index (χ4v) is 1.77. The second-order valence-electron chi connectivity index (χ2n) is 3.16. The SMILES string of the molecule is O=P(O)(Oc1ccc2[nH]ccc2c1)C(F)F. The van der Waals surface area contributed by atoms with Crippen molar-refractivity contribution in [2.75, 3.05) is 0 Å². The fraction of sp³-hybridized carbons (Fsp3) is 0.111. The molecule has 0 aliphatic carbocycles. The van der Waals surface area contributed by atoms with Gasteiger partial charge in [-0.1, -0.05) is 0 Å². The number of H-pyrrole nitrogens is 1. The molecule has 0 aliphatic heterocycles. The molecule has 4 nitrogen and oxygen atoms in total. The standard InChI is InChI=1S/C9H8F2NO3P/c10-9(11)16(13,14)15-7-1-2-8-6(5-7)3-4-12-8/h1-5,9,12H,(H,13,14). The molecule has 1 atom stereocenters. The van der Waals surface area contributed by atoms with E-state index in [2.05, 4.69) is 9.51 Å². The van der Waals surface area contributed by atoms with Crippen LogP contribution in [0.1, 0.15) is 0 Å². The van der Waals surface area contributed by atoms with E-state index in [1.807, 2.05) is 0 Å². The number of aromatic nitrogens is 1. The van der Waals surface area contributed by atoms with Crippen molar-refractivity contribution in [3.8, 4) is 5.75 Å². The Hall–Kier alpha value is -1.39. The fourth-order valence-electron chi connectivity index (χ4n) is 1.28. The number of halogens is 2. The zero-order chi connectivity index (χ0) is 11.8. The lowest BCUT2D eigenvalue weighted by atomic mass is 10.2. The number of fused-ring (bicyclic) bond motifs is 1. The number of aromatic amines is 1. The Balaban J connectivity index is 2.31. The van der Waals surface area contributed by atoms with Crippen LogP contribution in [0.4, 0.5) is 8.78 Å². The highest BCUT2D eigenvalue weighted by Crippen LogP contribution is 2.49. The summed E-state index contributed by atoms with van der Waals surface area (Å²) in [6.45, 7) is 0. The summed E-state index contributed by atoms with van der Waals surface area (Å²) in [4.78, 5) is 11.7. The first-order chi connectivity index (χ1) is 7.49. The van der Waals surface area contributed by atoms with E-state index in [1.54, 1.807) is 18.3 Å². The molecule has 0 saturated heterocycles. The molecule has 2 aromatic rings. The van der Waals surface area contributed by atoms with E-state index in [0.717, 1.165) is 5.52 Å². The van der Waals surface area contributed by atoms with Crippen LogP contribution in [0.15, 0.2) is 30.5 Å². The lowest BCUT2D eigenvalue weighted by Crippen LogP contribution is -2.00. The van der Waals surface area contributed by atoms with Crippen LogP contribution in [-0.2, 0) is 4.57 Å². The summed E-state index contributed by atoms with van der Waals surface area (Å²) < 4.78 is 39.5. The molecule has 1 heterocycles. The molecular formula is C9H8F2NO3P. The average Bonchev–Trinajstić information content (AvgIpc) is 2.63. The molecule has 0 amide bonds. The molecule has 0 aliphatic rings. The van der Waals surface area contributed by atoms with Crippen molar-refractivity contribution in [1.29, 1.82) is 0 Å². The van der Waals surface area contributed by atoms with Gasteiger partial charge >= 0.3 is 13.8 Å². The quantitative estimate of drug-likeness (QED) is 0.819. The van der Waals surface area contributed by atoms with Crippen LogP contribution in [0.2, 0.25) is 0 Å². The van der Waals surface area contributed by atoms with E-state index in [9.17, 15) is 13.3 Å². The Labute approximate surface area is 89.4 Å². The van der Waals surface area contributed by atoms with Crippen molar-refractivity contribution in [2.24, 2.45) is 0 Å². The molecule has 1 unspecified atom stereocenters. The van der Waals surface area contributed by atoms with Gasteiger partial charge in [-0.3, -0.25) is 0 Å². The van der Waals surface area contributed by atoms with E-state index >= 15 is 0 Å². The van der Waals surface area contributed by atoms with Gasteiger partial charge in [-0.05, 0) is 24.3 Å². The lowest BCUT2D eigenvalue weighted by Gasteiger charge is -2.11. The topological polar surface area (TPSA) is 62.3 Å². The summed E-state index contributed by atoms with van der Waals surface area (Å²) in [7, 11) is -4.89. The van der Waals surface area contributed by atoms with Crippen molar-refractivity contribution in [3.63, 3.8) is 0 Å². The molecule has 0 saturated carbocycles. The van der Waals surface area contributed by atoms with Gasteiger partial charge < -0.3 is 14.4 Å². The second kappa shape index (κ2) is 3.88. The van der Waals surface area contributed by atoms with E-state index in [0.29, 0.717) is 5.39 Å². The molecule has 0 spiro atoms. The Morgan fingerprint density at radius 1 is 1.38 bits per heavy atom. The summed E-state index contributed by atoms with van der Waals surface area (Å²) >= 11 is 0. The minimum Gasteiger partial charge on any atom is -0.421 e. The molecule has 2 N–H and O–H groups in total. The minimum atomic E-state index is -4.89. The lowest BCUT2D eigenvalue weighted by molar-refractivity contribution is 0.188. The molecular weight excluding hydrogens is 239 g/mol. The average molecular weight is 247 g/mol. The predicted octanol–water partition coefficient (Wildman–Crippen LogP) is 2.95. The van der Waals surface area contributed by atoms with E-state index in [1.165, 1.54) is 12.1 Å². The van der Waals surface area contributed by atoms with Gasteiger partial charge in [-0.25, -0.2) is 4.57 Å². The van der Waals surface area contributed by atoms with Gasteiger partial charge in [-0.2, -0.15) is 8.78 Å². The summed E-state index contributed by atoms with van der Waals surface area (Å²) in [5.41, 5.74) is 0.789. The number of rotatable bonds is 3. The number of alkyl halides is 2. The zero-order valence-electron chi connectivity index (χ0n) is 7.93. The predicted molar refractivity (Wildman–Crippen MR) is 54.8 cm³/mol. The van der Waals surface area contributed by atoms with Crippen LogP contribution in [0.3, 0.4) is 0 Å². The van der Waals surface area contributed by atoms with Gasteiger partial charge in [0.1, 0.15) is 5.75 Å². The van der Waals surface area contributed by atoms with E-state index < -0.39 is 13.8 Å². The first-order valence-electron chi connectivity index (χ1n) is 4.36. The molecule has 7 heteroatoms. The maximum atomic E-state index is 12.1. The third-order valence-electron chi connectivity index (χ3n) is 2.01. The summed E-state index contributed by atoms with van der Waals surface area (Å²) in [5, 5.41) is 0.715. The van der Waals surface area contributed by atoms with Crippen LogP contribution in [-0.4, -0.2) is 16.0 Å². The molecule has 86 valence electrons. The van der Waals surface area contributed by atoms with Crippen LogP contribution in [0.5, 0.6) is 5.75 Å². The highest BCUT2D eigenvalue weighted by molar-refractivity contribution is 7.53. The van der Waals surface area contributed by atoms with Crippen molar-refractivity contribution >= 4 is 18.5 Å². The maximum Gasteiger partial charge on any atom is 0.442 e. The van der Waals surface area contributed by atoms with E-state index in [4.69, 9.17) is 4.89 Å². The van der Waals surface area contributed by atoms with Crippen molar-refractivity contribution in [2.45, 2.75) is 6.17 Å². The third-order valence-corrected chi connectivity index (χ3v) is 2.97. The number of nitrogens with one attached hydrogen (secondary N) is 1. The van der Waals surface area contributed by atoms with Crippen LogP contribution < -0.4 is 4.52 Å². The first-order valence-corrected chi connectivity index (χ1v) is 6.01. The largest absolute Gasteiger partial charge is 0.442 e. The Morgan fingerprint density at radius 3 is 2.81 bits per heavy atom. The monoisotopic (exact) mass is 247 g/mol. The van der Waals surface area contributed by atoms with Crippen LogP contribution in [0.25, 0.3) is 10.9 Å². The summed E-state index contributed by atoms with van der Waals surface area (Å²) in [5.74, 6) is -0.0572. The van der Waals surface area contributed by atoms with Gasteiger partial charge in [0.2, 0.25) is 0 Å². The maximum absolute atomic E-state index is 12.1. The Morgan fingerprint density at radius 2 is 2.12 bits per heavy atom. The molecule has 1 aromatic carbocycles. The molecule has 0 bridgehead atoms. The van der Waals surface area contributed by atoms with Gasteiger partial charge in [-0.15, -0.1) is 0 Å².